The van der Waals surface area contributed by atoms with Crippen molar-refractivity contribution in [1.82, 2.24) is 15.3 Å². The van der Waals surface area contributed by atoms with Crippen LogP contribution in [0.15, 0.2) is 36.2 Å². The summed E-state index contributed by atoms with van der Waals surface area (Å²) in [6.45, 7) is 8.26. The summed E-state index contributed by atoms with van der Waals surface area (Å²) >= 11 is 0. The minimum Gasteiger partial charge on any atom is -0.375 e. The number of hydrogen-bond donors (Lipinski definition) is 1. The number of nitrogens with one attached hydrogen (secondary N) is 1. The van der Waals surface area contributed by atoms with Gasteiger partial charge in [0.05, 0.1) is 30.5 Å². The van der Waals surface area contributed by atoms with Gasteiger partial charge in [-0.15, -0.1) is 0 Å². The third kappa shape index (κ3) is 4.33. The van der Waals surface area contributed by atoms with E-state index in [1.807, 2.05) is 11.9 Å². The van der Waals surface area contributed by atoms with Crippen molar-refractivity contribution >= 4 is 5.91 Å². The molecule has 6 nitrogen and oxygen atoms in total. The number of hydroxylamine groups is 2. The maximum absolute atomic E-state index is 13.8. The first kappa shape index (κ1) is 17.5. The first-order chi connectivity index (χ1) is 10.9. The van der Waals surface area contributed by atoms with Crippen molar-refractivity contribution in [3.8, 4) is 0 Å². The molecule has 0 aromatic rings. The van der Waals surface area contributed by atoms with Gasteiger partial charge in [-0.05, 0) is 13.8 Å². The molecular formula is C16H24FN3O3. The van der Waals surface area contributed by atoms with E-state index >= 15 is 0 Å². The zero-order valence-electron chi connectivity index (χ0n) is 13.8. The van der Waals surface area contributed by atoms with Crippen LogP contribution in [0.25, 0.3) is 0 Å². The average Bonchev–Trinajstić information content (AvgIpc) is 2.80. The lowest BCUT2D eigenvalue weighted by Gasteiger charge is -2.31. The summed E-state index contributed by atoms with van der Waals surface area (Å²) in [4.78, 5) is 19.8. The van der Waals surface area contributed by atoms with Gasteiger partial charge in [0.25, 0.3) is 5.91 Å². The molecule has 1 amide bonds. The average molecular weight is 325 g/mol. The normalized spacial score (nSPS) is 24.8. The molecule has 7 heteroatoms. The molecule has 1 N–H and O–H groups in total. The number of alkyl halides is 1. The monoisotopic (exact) mass is 325 g/mol. The molecule has 0 spiro atoms. The summed E-state index contributed by atoms with van der Waals surface area (Å²) in [5.41, 5.74) is 1.14. The van der Waals surface area contributed by atoms with Crippen molar-refractivity contribution in [3.63, 3.8) is 0 Å². The van der Waals surface area contributed by atoms with E-state index in [4.69, 9.17) is 9.57 Å². The highest BCUT2D eigenvalue weighted by atomic mass is 19.1. The van der Waals surface area contributed by atoms with Gasteiger partial charge in [-0.2, -0.15) is 0 Å². The molecule has 2 aliphatic rings. The maximum atomic E-state index is 13.8. The number of amides is 1. The van der Waals surface area contributed by atoms with Crippen molar-refractivity contribution in [2.45, 2.75) is 32.3 Å². The molecule has 2 aliphatic heterocycles. The first-order valence-corrected chi connectivity index (χ1v) is 7.62. The maximum Gasteiger partial charge on any atom is 0.251 e. The van der Waals surface area contributed by atoms with E-state index in [0.717, 1.165) is 5.70 Å². The van der Waals surface area contributed by atoms with E-state index in [0.29, 0.717) is 18.7 Å². The molecule has 0 saturated carbocycles. The molecule has 23 heavy (non-hydrogen) atoms. The molecule has 2 heterocycles. The number of hydrogen-bond acceptors (Lipinski definition) is 5. The van der Waals surface area contributed by atoms with Crippen molar-refractivity contribution in [2.75, 3.05) is 26.8 Å². The fraction of sp³-hybridized carbons (Fsp3) is 0.562. The summed E-state index contributed by atoms with van der Waals surface area (Å²) in [6, 6.07) is -0.617. The third-order valence-electron chi connectivity index (χ3n) is 3.70. The third-order valence-corrected chi connectivity index (χ3v) is 3.70. The van der Waals surface area contributed by atoms with E-state index in [2.05, 4.69) is 11.9 Å². The number of halogens is 1. The summed E-state index contributed by atoms with van der Waals surface area (Å²) < 4.78 is 19.3. The van der Waals surface area contributed by atoms with Crippen LogP contribution in [0.1, 0.15) is 13.8 Å². The van der Waals surface area contributed by atoms with Crippen LogP contribution in [0.2, 0.25) is 0 Å². The summed E-state index contributed by atoms with van der Waals surface area (Å²) in [5, 5.41) is 4.26. The molecular weight excluding hydrogens is 301 g/mol. The van der Waals surface area contributed by atoms with Crippen LogP contribution >= 0.6 is 0 Å². The molecule has 0 bridgehead atoms. The van der Waals surface area contributed by atoms with Crippen molar-refractivity contribution < 1.29 is 18.8 Å². The zero-order chi connectivity index (χ0) is 17.0. The van der Waals surface area contributed by atoms with Crippen LogP contribution in [0.5, 0.6) is 0 Å². The highest BCUT2D eigenvalue weighted by Crippen LogP contribution is 2.22. The van der Waals surface area contributed by atoms with Crippen LogP contribution in [0.3, 0.4) is 0 Å². The van der Waals surface area contributed by atoms with Gasteiger partial charge in [0, 0.05) is 13.2 Å². The Hall–Kier alpha value is -1.86. The number of ether oxygens (including phenoxy) is 1. The number of rotatable bonds is 4. The number of carbonyl (C=O) groups is 1. The Labute approximate surface area is 136 Å². The second-order valence-electron chi connectivity index (χ2n) is 5.76. The first-order valence-electron chi connectivity index (χ1n) is 7.62. The molecule has 128 valence electrons. The Kier molecular flexibility index (Phi) is 5.79. The largest absolute Gasteiger partial charge is 0.375 e. The fourth-order valence-corrected chi connectivity index (χ4v) is 2.42. The Balaban J connectivity index is 2.03. The Bertz CT molecular complexity index is 521. The van der Waals surface area contributed by atoms with Gasteiger partial charge in [0.2, 0.25) is 0 Å². The second-order valence-corrected chi connectivity index (χ2v) is 5.76. The molecule has 0 aromatic carbocycles. The van der Waals surface area contributed by atoms with Gasteiger partial charge >= 0.3 is 0 Å². The van der Waals surface area contributed by atoms with Gasteiger partial charge in [-0.3, -0.25) is 9.63 Å². The molecule has 3 unspecified atom stereocenters. The Morgan fingerprint density at radius 3 is 3.00 bits per heavy atom. The lowest BCUT2D eigenvalue weighted by molar-refractivity contribution is -0.188. The number of nitrogens with zero attached hydrogens (tertiary/aromatic N) is 2. The van der Waals surface area contributed by atoms with E-state index in [9.17, 15) is 9.18 Å². The Morgan fingerprint density at radius 2 is 2.30 bits per heavy atom. The van der Waals surface area contributed by atoms with E-state index in [1.165, 1.54) is 6.08 Å². The quantitative estimate of drug-likeness (QED) is 0.791. The second kappa shape index (κ2) is 7.61. The van der Waals surface area contributed by atoms with Gasteiger partial charge in [-0.1, -0.05) is 18.7 Å². The smallest absolute Gasteiger partial charge is 0.251 e. The summed E-state index contributed by atoms with van der Waals surface area (Å²) in [7, 11) is 1.85. The standard InChI is InChI=1S/C16H24FN3O3/c1-5-6-14(17)12(3)18-16(21)13-7-19(4)8-15-20(23-10-13)11(2)9-22-15/h5-7,12,14-15H,2,8-10H2,1,3-4H3,(H,18,21)/b6-5-,13-7?. The predicted octanol–water partition coefficient (Wildman–Crippen LogP) is 1.34. The molecule has 2 rings (SSSR count). The SMILES string of the molecule is C=C1COC2CN(C)C=C(C(=O)NC(C)C(F)/C=C\C)CON12. The fourth-order valence-electron chi connectivity index (χ4n) is 2.42. The molecule has 0 aromatic heterocycles. The van der Waals surface area contributed by atoms with Crippen LogP contribution in [-0.4, -0.2) is 61.1 Å². The van der Waals surface area contributed by atoms with E-state index < -0.39 is 12.2 Å². The molecule has 1 fully saturated rings. The Morgan fingerprint density at radius 1 is 1.57 bits per heavy atom. The zero-order valence-corrected chi connectivity index (χ0v) is 13.8. The number of fused-ring (bicyclic) bond motifs is 1. The highest BCUT2D eigenvalue weighted by Gasteiger charge is 2.32. The number of allylic oxidation sites excluding steroid dienone is 1. The van der Waals surface area contributed by atoms with E-state index in [1.54, 1.807) is 31.2 Å². The van der Waals surface area contributed by atoms with Gasteiger partial charge in [-0.25, -0.2) is 9.45 Å². The molecule has 0 aliphatic carbocycles. The van der Waals surface area contributed by atoms with Crippen molar-refractivity contribution in [3.05, 3.63) is 36.2 Å². The van der Waals surface area contributed by atoms with Gasteiger partial charge < -0.3 is 15.0 Å². The number of carbonyl (C=O) groups excluding carboxylic acids is 1. The highest BCUT2D eigenvalue weighted by molar-refractivity contribution is 5.93. The van der Waals surface area contributed by atoms with Crippen LogP contribution in [0, 0.1) is 0 Å². The molecule has 3 atom stereocenters. The van der Waals surface area contributed by atoms with Gasteiger partial charge in [0.15, 0.2) is 6.23 Å². The minimum atomic E-state index is -1.23. The van der Waals surface area contributed by atoms with Crippen LogP contribution in [-0.2, 0) is 14.4 Å². The van der Waals surface area contributed by atoms with Crippen molar-refractivity contribution in [2.24, 2.45) is 0 Å². The van der Waals surface area contributed by atoms with E-state index in [-0.39, 0.29) is 18.7 Å². The van der Waals surface area contributed by atoms with Gasteiger partial charge in [0.1, 0.15) is 12.8 Å². The minimum absolute atomic E-state index is 0.0718. The predicted molar refractivity (Wildman–Crippen MR) is 84.7 cm³/mol. The van der Waals surface area contributed by atoms with Crippen LogP contribution < -0.4 is 5.32 Å². The topological polar surface area (TPSA) is 54.0 Å². The molecule has 0 radical (unpaired) electrons. The van der Waals surface area contributed by atoms with Crippen molar-refractivity contribution in [1.29, 1.82) is 0 Å². The summed E-state index contributed by atoms with van der Waals surface area (Å²) in [5.74, 6) is -0.347. The molecule has 1 saturated heterocycles. The lowest BCUT2D eigenvalue weighted by Crippen LogP contribution is -2.44. The summed E-state index contributed by atoms with van der Waals surface area (Å²) in [6.07, 6.45) is 3.27. The van der Waals surface area contributed by atoms with Crippen LogP contribution in [0.4, 0.5) is 4.39 Å². The number of likely N-dealkylation sites (N-methyl/N-ethyl adjacent to an activating group) is 1. The lowest BCUT2D eigenvalue weighted by atomic mass is 10.1.